The molecule has 0 fully saturated rings. The molecule has 0 radical (unpaired) electrons. The summed E-state index contributed by atoms with van der Waals surface area (Å²) in [4.78, 5) is 27.8. The Hall–Kier alpha value is -1.97. The van der Waals surface area contributed by atoms with Gasteiger partial charge in [-0.25, -0.2) is 9.97 Å². The van der Waals surface area contributed by atoms with Crippen LogP contribution < -0.4 is 10.2 Å². The zero-order chi connectivity index (χ0) is 19.2. The molecule has 0 aliphatic carbocycles. The minimum Gasteiger partial charge on any atom is -0.394 e. The molecule has 0 aliphatic heterocycles. The molecule has 3 aromatic heterocycles. The lowest BCUT2D eigenvalue weighted by Crippen LogP contribution is -2.26. The summed E-state index contributed by atoms with van der Waals surface area (Å²) in [6, 6.07) is 5.74. The Balaban J connectivity index is 1.78. The number of hydrogen-bond acceptors (Lipinski definition) is 8. The van der Waals surface area contributed by atoms with Crippen molar-refractivity contribution in [3.05, 3.63) is 39.8 Å². The first-order chi connectivity index (χ1) is 13.0. The summed E-state index contributed by atoms with van der Waals surface area (Å²) in [5.74, 6) is 1.82. The Morgan fingerprint density at radius 2 is 2.19 bits per heavy atom. The molecule has 0 amide bonds. The van der Waals surface area contributed by atoms with E-state index in [1.807, 2.05) is 18.2 Å². The molecule has 0 spiro atoms. The Bertz CT molecular complexity index is 926. The number of aryl methyl sites for hydroxylation is 1. The molecule has 27 heavy (non-hydrogen) atoms. The minimum atomic E-state index is -0.164. The van der Waals surface area contributed by atoms with Crippen molar-refractivity contribution < 1.29 is 5.11 Å². The molecular weight excluding hydrogens is 382 g/mol. The fourth-order valence-corrected chi connectivity index (χ4v) is 4.26. The number of nitrogens with zero attached hydrogens (tertiary/aromatic N) is 3. The van der Waals surface area contributed by atoms with Crippen LogP contribution in [0.15, 0.2) is 34.3 Å². The van der Waals surface area contributed by atoms with Crippen molar-refractivity contribution in [2.75, 3.05) is 17.7 Å². The lowest BCUT2D eigenvalue weighted by Gasteiger charge is -2.19. The molecule has 0 saturated heterocycles. The van der Waals surface area contributed by atoms with Gasteiger partial charge in [0.2, 0.25) is 0 Å². The van der Waals surface area contributed by atoms with Crippen LogP contribution >= 0.6 is 23.1 Å². The van der Waals surface area contributed by atoms with E-state index in [0.29, 0.717) is 27.2 Å². The first-order valence-electron chi connectivity index (χ1n) is 8.86. The first kappa shape index (κ1) is 19.8. The van der Waals surface area contributed by atoms with Crippen LogP contribution in [0.2, 0.25) is 0 Å². The monoisotopic (exact) mass is 405 g/mol. The number of aliphatic hydroxyl groups excluding tert-OH is 1. The standard InChI is InChI=1S/C18H23N5O2S2/c1-11(2)9-13(10-24)20-15-14-16(23-18(25)27-14)22-17(21-15)26-8-6-12-5-3-4-7-19-12/h3-5,7,11,13,24H,6,8-10H2,1-2H3,(H2,20,21,22,23,25)/t13-/m1/s1. The van der Waals surface area contributed by atoms with Crippen molar-refractivity contribution in [3.63, 3.8) is 0 Å². The van der Waals surface area contributed by atoms with Gasteiger partial charge in [-0.3, -0.25) is 14.8 Å². The van der Waals surface area contributed by atoms with Gasteiger partial charge in [0.15, 0.2) is 16.6 Å². The van der Waals surface area contributed by atoms with Gasteiger partial charge in [0.1, 0.15) is 4.70 Å². The molecule has 3 heterocycles. The number of fused-ring (bicyclic) bond motifs is 1. The maximum atomic E-state index is 11.8. The topological polar surface area (TPSA) is 104 Å². The summed E-state index contributed by atoms with van der Waals surface area (Å²) >= 11 is 2.60. The van der Waals surface area contributed by atoms with Crippen molar-refractivity contribution in [2.24, 2.45) is 5.92 Å². The maximum Gasteiger partial charge on any atom is 0.306 e. The van der Waals surface area contributed by atoms with Gasteiger partial charge in [-0.15, -0.1) is 0 Å². The number of aromatic amines is 1. The number of aliphatic hydroxyl groups is 1. The highest BCUT2D eigenvalue weighted by Gasteiger charge is 2.16. The predicted octanol–water partition coefficient (Wildman–Crippen LogP) is 2.93. The van der Waals surface area contributed by atoms with E-state index in [4.69, 9.17) is 0 Å². The lowest BCUT2D eigenvalue weighted by atomic mass is 10.0. The number of anilines is 1. The van der Waals surface area contributed by atoms with E-state index in [2.05, 4.69) is 39.1 Å². The van der Waals surface area contributed by atoms with Crippen molar-refractivity contribution >= 4 is 39.3 Å². The highest BCUT2D eigenvalue weighted by molar-refractivity contribution is 7.99. The molecule has 7 nitrogen and oxygen atoms in total. The fourth-order valence-electron chi connectivity index (χ4n) is 2.72. The normalized spacial score (nSPS) is 12.6. The highest BCUT2D eigenvalue weighted by atomic mass is 32.2. The third-order valence-electron chi connectivity index (χ3n) is 3.89. The van der Waals surface area contributed by atoms with Crippen molar-refractivity contribution in [2.45, 2.75) is 37.9 Å². The van der Waals surface area contributed by atoms with E-state index in [-0.39, 0.29) is 17.5 Å². The summed E-state index contributed by atoms with van der Waals surface area (Å²) < 4.78 is 0.691. The molecule has 0 saturated carbocycles. The molecule has 3 rings (SSSR count). The number of H-pyrrole nitrogens is 1. The first-order valence-corrected chi connectivity index (χ1v) is 10.7. The van der Waals surface area contributed by atoms with Crippen LogP contribution in [0.4, 0.5) is 5.82 Å². The predicted molar refractivity (Wildman–Crippen MR) is 111 cm³/mol. The van der Waals surface area contributed by atoms with E-state index in [1.54, 1.807) is 6.20 Å². The van der Waals surface area contributed by atoms with Gasteiger partial charge in [-0.1, -0.05) is 43.0 Å². The SMILES string of the molecule is CC(C)C[C@H](CO)Nc1nc(SCCc2ccccn2)nc2[nH]c(=O)sc12. The van der Waals surface area contributed by atoms with Gasteiger partial charge in [-0.2, -0.15) is 0 Å². The van der Waals surface area contributed by atoms with Crippen LogP contribution in [0.5, 0.6) is 0 Å². The second kappa shape index (κ2) is 9.29. The van der Waals surface area contributed by atoms with Crippen molar-refractivity contribution in [1.29, 1.82) is 0 Å². The second-order valence-corrected chi connectivity index (χ2v) is 8.67. The van der Waals surface area contributed by atoms with E-state index >= 15 is 0 Å². The summed E-state index contributed by atoms with van der Waals surface area (Å²) in [6.45, 7) is 4.21. The van der Waals surface area contributed by atoms with Crippen LogP contribution in [0.3, 0.4) is 0 Å². The quantitative estimate of drug-likeness (QED) is 0.371. The molecule has 1 atom stereocenters. The van der Waals surface area contributed by atoms with E-state index < -0.39 is 0 Å². The van der Waals surface area contributed by atoms with Crippen LogP contribution in [-0.2, 0) is 6.42 Å². The average Bonchev–Trinajstić information content (AvgIpc) is 3.02. The third-order valence-corrected chi connectivity index (χ3v) is 5.62. The maximum absolute atomic E-state index is 11.8. The zero-order valence-electron chi connectivity index (χ0n) is 15.3. The third kappa shape index (κ3) is 5.50. The summed E-state index contributed by atoms with van der Waals surface area (Å²) in [6.07, 6.45) is 3.40. The highest BCUT2D eigenvalue weighted by Crippen LogP contribution is 2.26. The fraction of sp³-hybridized carbons (Fsp3) is 0.444. The van der Waals surface area contributed by atoms with Gasteiger partial charge < -0.3 is 10.4 Å². The Labute approximate surface area is 165 Å². The molecule has 0 bridgehead atoms. The van der Waals surface area contributed by atoms with Gasteiger partial charge >= 0.3 is 4.87 Å². The van der Waals surface area contributed by atoms with Gasteiger partial charge in [0, 0.05) is 17.6 Å². The number of thiazole rings is 1. The smallest absolute Gasteiger partial charge is 0.306 e. The molecule has 3 N–H and O–H groups in total. The zero-order valence-corrected chi connectivity index (χ0v) is 16.9. The summed E-state index contributed by atoms with van der Waals surface area (Å²) in [5.41, 5.74) is 1.55. The second-order valence-electron chi connectivity index (χ2n) is 6.62. The van der Waals surface area contributed by atoms with Gasteiger partial charge in [0.25, 0.3) is 0 Å². The summed E-state index contributed by atoms with van der Waals surface area (Å²) in [5, 5.41) is 13.5. The van der Waals surface area contributed by atoms with Crippen LogP contribution in [0.1, 0.15) is 26.0 Å². The lowest BCUT2D eigenvalue weighted by molar-refractivity contribution is 0.259. The molecule has 0 unspecified atom stereocenters. The molecular formula is C18H23N5O2S2. The summed E-state index contributed by atoms with van der Waals surface area (Å²) in [7, 11) is 0. The average molecular weight is 406 g/mol. The molecule has 3 aromatic rings. The molecule has 9 heteroatoms. The van der Waals surface area contributed by atoms with Crippen LogP contribution in [0, 0.1) is 5.92 Å². The Morgan fingerprint density at radius 1 is 1.33 bits per heavy atom. The number of pyridine rings is 1. The van der Waals surface area contributed by atoms with E-state index in [1.165, 1.54) is 11.8 Å². The van der Waals surface area contributed by atoms with E-state index in [0.717, 1.165) is 35.6 Å². The van der Waals surface area contributed by atoms with Crippen molar-refractivity contribution in [3.8, 4) is 0 Å². The number of hydrogen-bond donors (Lipinski definition) is 3. The van der Waals surface area contributed by atoms with Crippen LogP contribution in [-0.4, -0.2) is 43.4 Å². The number of nitrogens with one attached hydrogen (secondary N) is 2. The Morgan fingerprint density at radius 3 is 2.89 bits per heavy atom. The molecule has 0 aliphatic rings. The van der Waals surface area contributed by atoms with Crippen molar-refractivity contribution in [1.82, 2.24) is 19.9 Å². The number of thioether (sulfide) groups is 1. The van der Waals surface area contributed by atoms with Crippen LogP contribution in [0.25, 0.3) is 10.3 Å². The largest absolute Gasteiger partial charge is 0.394 e. The van der Waals surface area contributed by atoms with Gasteiger partial charge in [-0.05, 0) is 30.9 Å². The number of aromatic nitrogens is 4. The molecule has 144 valence electrons. The minimum absolute atomic E-state index is 0.00511. The Kier molecular flexibility index (Phi) is 6.81. The molecule has 0 aromatic carbocycles. The van der Waals surface area contributed by atoms with E-state index in [9.17, 15) is 9.90 Å². The number of rotatable bonds is 9. The van der Waals surface area contributed by atoms with Gasteiger partial charge in [0.05, 0.1) is 12.6 Å².